The molecule has 0 radical (unpaired) electrons. The van der Waals surface area contributed by atoms with E-state index in [-0.39, 0.29) is 33.8 Å². The van der Waals surface area contributed by atoms with Gasteiger partial charge in [-0.15, -0.1) is 0 Å². The van der Waals surface area contributed by atoms with Gasteiger partial charge in [0.05, 0.1) is 17.8 Å². The highest BCUT2D eigenvalue weighted by atomic mass is 35.5. The summed E-state index contributed by atoms with van der Waals surface area (Å²) in [4.78, 5) is 48.8. The normalized spacial score (nSPS) is 10.2. The van der Waals surface area contributed by atoms with Crippen LogP contribution in [0.25, 0.3) is 10.9 Å². The zero-order valence-corrected chi connectivity index (χ0v) is 14.1. The Morgan fingerprint density at radius 2 is 1.92 bits per heavy atom. The third-order valence-corrected chi connectivity index (χ3v) is 3.50. The fourth-order valence-corrected chi connectivity index (χ4v) is 2.35. The number of hydrogen-bond donors (Lipinski definition) is 4. The topological polar surface area (TPSA) is 146 Å². The lowest BCUT2D eigenvalue weighted by atomic mass is 10.1. The molecule has 1 heterocycles. The number of H-pyrrole nitrogens is 1. The largest absolute Gasteiger partial charge is 0.477 e. The first kappa shape index (κ1) is 19.0. The van der Waals surface area contributed by atoms with Gasteiger partial charge in [-0.05, 0) is 19.1 Å². The predicted octanol–water partition coefficient (Wildman–Crippen LogP) is 1.82. The van der Waals surface area contributed by atoms with Gasteiger partial charge in [-0.25, -0.2) is 14.4 Å². The molecule has 2 rings (SSSR count). The second-order valence-corrected chi connectivity index (χ2v) is 5.38. The van der Waals surface area contributed by atoms with E-state index in [0.29, 0.717) is 0 Å². The minimum atomic E-state index is -1.64. The quantitative estimate of drug-likeness (QED) is 0.257. The summed E-state index contributed by atoms with van der Waals surface area (Å²) in [6, 6.07) is 2.68. The smallest absolute Gasteiger partial charge is 0.344 e. The second-order valence-electron chi connectivity index (χ2n) is 4.94. The van der Waals surface area contributed by atoms with Crippen LogP contribution in [-0.4, -0.2) is 39.7 Å². The van der Waals surface area contributed by atoms with Crippen molar-refractivity contribution >= 4 is 46.1 Å². The van der Waals surface area contributed by atoms with Gasteiger partial charge in [0.25, 0.3) is 0 Å². The van der Waals surface area contributed by atoms with Crippen molar-refractivity contribution in [2.24, 2.45) is 0 Å². The molecular weight excluding hydrogens is 368 g/mol. The third kappa shape index (κ3) is 3.83. The molecule has 0 aliphatic rings. The first-order valence-corrected chi connectivity index (χ1v) is 7.59. The number of halogens is 1. The highest BCUT2D eigenvalue weighted by molar-refractivity contribution is 6.32. The molecule has 0 saturated heterocycles. The molecule has 10 heteroatoms. The Morgan fingerprint density at radius 3 is 2.50 bits per heavy atom. The summed E-state index contributed by atoms with van der Waals surface area (Å²) >= 11 is 5.97. The number of carbonyl (C=O) groups is 3. The molecule has 0 amide bonds. The summed E-state index contributed by atoms with van der Waals surface area (Å²) in [7, 11) is 0. The minimum absolute atomic E-state index is 0.0474. The molecule has 26 heavy (non-hydrogen) atoms. The van der Waals surface area contributed by atoms with Crippen LogP contribution in [0.15, 0.2) is 34.9 Å². The van der Waals surface area contributed by atoms with Crippen molar-refractivity contribution in [3.05, 3.63) is 50.9 Å². The van der Waals surface area contributed by atoms with Gasteiger partial charge in [0.1, 0.15) is 5.56 Å². The molecule has 9 nitrogen and oxygen atoms in total. The Labute approximate surface area is 150 Å². The van der Waals surface area contributed by atoms with Crippen LogP contribution in [0.3, 0.4) is 0 Å². The van der Waals surface area contributed by atoms with Crippen molar-refractivity contribution in [3.63, 3.8) is 0 Å². The van der Waals surface area contributed by atoms with Crippen LogP contribution in [0.5, 0.6) is 0 Å². The number of carbonyl (C=O) groups excluding carboxylic acids is 1. The van der Waals surface area contributed by atoms with Crippen molar-refractivity contribution < 1.29 is 29.3 Å². The van der Waals surface area contributed by atoms with Gasteiger partial charge in [0, 0.05) is 22.8 Å². The van der Waals surface area contributed by atoms with Crippen LogP contribution in [0.4, 0.5) is 5.69 Å². The fourth-order valence-electron chi connectivity index (χ4n) is 2.14. The number of nitrogens with one attached hydrogen (secondary N) is 2. The standard InChI is InChI=1S/C16H13ClN2O7/c1-2-26-16(25)9-5-19-12-8(13(9)20)3-7(17)4-11(12)18-6-10(14(21)22)15(23)24/h3-6,18H,2H2,1H3,(H,19,20)(H,21,22)(H,23,24). The number of benzene rings is 1. The summed E-state index contributed by atoms with van der Waals surface area (Å²) < 4.78 is 4.80. The number of rotatable bonds is 6. The molecule has 0 aliphatic carbocycles. The van der Waals surface area contributed by atoms with Crippen LogP contribution < -0.4 is 10.7 Å². The molecule has 0 spiro atoms. The molecular formula is C16H13ClN2O7. The van der Waals surface area contributed by atoms with E-state index in [1.165, 1.54) is 12.1 Å². The van der Waals surface area contributed by atoms with Crippen LogP contribution in [-0.2, 0) is 14.3 Å². The van der Waals surface area contributed by atoms with Crippen LogP contribution in [0.1, 0.15) is 17.3 Å². The SMILES string of the molecule is CCOC(=O)c1c[nH]c2c(NC=C(C(=O)O)C(=O)O)cc(Cl)cc2c1=O. The second kappa shape index (κ2) is 7.70. The Balaban J connectivity index is 2.59. The van der Waals surface area contributed by atoms with Gasteiger partial charge in [-0.3, -0.25) is 4.79 Å². The molecule has 136 valence electrons. The van der Waals surface area contributed by atoms with Crippen LogP contribution >= 0.6 is 11.6 Å². The van der Waals surface area contributed by atoms with Gasteiger partial charge in [0.2, 0.25) is 5.43 Å². The number of esters is 1. The highest BCUT2D eigenvalue weighted by Gasteiger charge is 2.18. The van der Waals surface area contributed by atoms with Gasteiger partial charge in [0.15, 0.2) is 5.57 Å². The van der Waals surface area contributed by atoms with Crippen LogP contribution in [0.2, 0.25) is 5.02 Å². The Morgan fingerprint density at radius 1 is 1.27 bits per heavy atom. The summed E-state index contributed by atoms with van der Waals surface area (Å²) in [6.45, 7) is 1.69. The number of aromatic amines is 1. The molecule has 0 atom stereocenters. The lowest BCUT2D eigenvalue weighted by Crippen LogP contribution is -2.18. The summed E-state index contributed by atoms with van der Waals surface area (Å²) in [6.07, 6.45) is 1.91. The zero-order valence-electron chi connectivity index (χ0n) is 13.3. The number of ether oxygens (including phenoxy) is 1. The fraction of sp³-hybridized carbons (Fsp3) is 0.125. The lowest BCUT2D eigenvalue weighted by Gasteiger charge is -2.09. The van der Waals surface area contributed by atoms with Gasteiger partial charge in [-0.1, -0.05) is 11.6 Å². The monoisotopic (exact) mass is 380 g/mol. The lowest BCUT2D eigenvalue weighted by molar-refractivity contribution is -0.140. The van der Waals surface area contributed by atoms with Crippen molar-refractivity contribution in [3.8, 4) is 0 Å². The van der Waals surface area contributed by atoms with Crippen LogP contribution in [0, 0.1) is 0 Å². The maximum Gasteiger partial charge on any atom is 0.344 e. The first-order valence-electron chi connectivity index (χ1n) is 7.21. The van der Waals surface area contributed by atoms with E-state index in [4.69, 9.17) is 26.6 Å². The minimum Gasteiger partial charge on any atom is -0.477 e. The molecule has 0 aliphatic heterocycles. The number of aliphatic carboxylic acids is 2. The van der Waals surface area contributed by atoms with E-state index in [1.807, 2.05) is 0 Å². The molecule has 4 N–H and O–H groups in total. The van der Waals surface area contributed by atoms with E-state index in [9.17, 15) is 19.2 Å². The molecule has 1 aromatic heterocycles. The maximum atomic E-state index is 12.5. The van der Waals surface area contributed by atoms with E-state index >= 15 is 0 Å². The van der Waals surface area contributed by atoms with Crippen molar-refractivity contribution in [2.45, 2.75) is 6.92 Å². The van der Waals surface area contributed by atoms with E-state index in [2.05, 4.69) is 10.3 Å². The number of aromatic nitrogens is 1. The Hall–Kier alpha value is -3.33. The van der Waals surface area contributed by atoms with E-state index in [1.54, 1.807) is 6.92 Å². The third-order valence-electron chi connectivity index (χ3n) is 3.28. The molecule has 2 aromatic rings. The Bertz CT molecular complexity index is 978. The van der Waals surface area contributed by atoms with Gasteiger partial charge in [-0.2, -0.15) is 0 Å². The summed E-state index contributed by atoms with van der Waals surface area (Å²) in [5.41, 5.74) is -1.41. The molecule has 0 unspecified atom stereocenters. The molecule has 0 bridgehead atoms. The predicted molar refractivity (Wildman–Crippen MR) is 92.5 cm³/mol. The van der Waals surface area contributed by atoms with Crippen molar-refractivity contribution in [2.75, 3.05) is 11.9 Å². The van der Waals surface area contributed by atoms with E-state index in [0.717, 1.165) is 12.4 Å². The number of carboxylic acid groups (broad SMARTS) is 2. The van der Waals surface area contributed by atoms with Crippen molar-refractivity contribution in [1.29, 1.82) is 0 Å². The average molecular weight is 381 g/mol. The Kier molecular flexibility index (Phi) is 5.63. The number of carboxylic acids is 2. The van der Waals surface area contributed by atoms with Gasteiger partial charge < -0.3 is 25.3 Å². The summed E-state index contributed by atoms with van der Waals surface area (Å²) in [5, 5.41) is 20.4. The number of anilines is 1. The maximum absolute atomic E-state index is 12.5. The van der Waals surface area contributed by atoms with Gasteiger partial charge >= 0.3 is 17.9 Å². The van der Waals surface area contributed by atoms with E-state index < -0.39 is 28.9 Å². The molecule has 0 saturated carbocycles. The summed E-state index contributed by atoms with van der Waals surface area (Å²) in [5.74, 6) is -4.09. The van der Waals surface area contributed by atoms with Crippen molar-refractivity contribution in [1.82, 2.24) is 4.98 Å². The number of pyridine rings is 1. The average Bonchev–Trinajstić information content (AvgIpc) is 2.55. The molecule has 0 fully saturated rings. The highest BCUT2D eigenvalue weighted by Crippen LogP contribution is 2.25. The number of fused-ring (bicyclic) bond motifs is 1. The number of hydrogen-bond acceptors (Lipinski definition) is 6. The first-order chi connectivity index (χ1) is 12.3. The zero-order chi connectivity index (χ0) is 19.4. The molecule has 1 aromatic carbocycles.